The summed E-state index contributed by atoms with van der Waals surface area (Å²) < 4.78 is 0. The molecule has 2 fully saturated rings. The summed E-state index contributed by atoms with van der Waals surface area (Å²) in [6, 6.07) is 0.743. The molecule has 2 aliphatic carbocycles. The van der Waals surface area contributed by atoms with Gasteiger partial charge in [0.25, 0.3) is 0 Å². The van der Waals surface area contributed by atoms with Gasteiger partial charge in [-0.2, -0.15) is 0 Å². The molecule has 0 aromatic rings. The van der Waals surface area contributed by atoms with E-state index in [4.69, 9.17) is 0 Å². The quantitative estimate of drug-likeness (QED) is 0.590. The molecule has 0 aromatic carbocycles. The van der Waals surface area contributed by atoms with Crippen LogP contribution in [0.5, 0.6) is 0 Å². The monoisotopic (exact) mass is 180 g/mol. The minimum absolute atomic E-state index is 0.712. The van der Waals surface area contributed by atoms with E-state index >= 15 is 0 Å². The Morgan fingerprint density at radius 2 is 1.85 bits per heavy atom. The third kappa shape index (κ3) is 1.78. The SMILES string of the molecule is C/N=C/C1C[C@H]2C[C@H]2C[C@@H]1N(C)C. The van der Waals surface area contributed by atoms with Crippen LogP contribution in [0.4, 0.5) is 0 Å². The van der Waals surface area contributed by atoms with E-state index in [1.54, 1.807) is 0 Å². The lowest BCUT2D eigenvalue weighted by atomic mass is 9.85. The topological polar surface area (TPSA) is 15.6 Å². The zero-order valence-corrected chi connectivity index (χ0v) is 8.90. The summed E-state index contributed by atoms with van der Waals surface area (Å²) in [6.07, 6.45) is 6.43. The summed E-state index contributed by atoms with van der Waals surface area (Å²) in [5, 5.41) is 0. The molecular weight excluding hydrogens is 160 g/mol. The molecule has 0 aliphatic heterocycles. The molecule has 74 valence electrons. The first kappa shape index (κ1) is 9.20. The molecule has 2 aliphatic rings. The molecule has 2 rings (SSSR count). The van der Waals surface area contributed by atoms with Gasteiger partial charge in [-0.3, -0.25) is 0 Å². The summed E-state index contributed by atoms with van der Waals surface area (Å²) in [6.45, 7) is 0. The Morgan fingerprint density at radius 1 is 1.15 bits per heavy atom. The van der Waals surface area contributed by atoms with Gasteiger partial charge >= 0.3 is 0 Å². The van der Waals surface area contributed by atoms with Crippen LogP contribution in [-0.2, 0) is 0 Å². The van der Waals surface area contributed by atoms with Crippen LogP contribution < -0.4 is 0 Å². The molecule has 2 heteroatoms. The van der Waals surface area contributed by atoms with Crippen LogP contribution in [-0.4, -0.2) is 38.3 Å². The third-order valence-electron chi connectivity index (χ3n) is 3.69. The van der Waals surface area contributed by atoms with E-state index < -0.39 is 0 Å². The lowest BCUT2D eigenvalue weighted by molar-refractivity contribution is 0.190. The molecule has 0 amide bonds. The van der Waals surface area contributed by atoms with Crippen molar-refractivity contribution in [1.29, 1.82) is 0 Å². The average molecular weight is 180 g/mol. The van der Waals surface area contributed by atoms with Crippen molar-refractivity contribution in [3.05, 3.63) is 0 Å². The van der Waals surface area contributed by atoms with Crippen LogP contribution >= 0.6 is 0 Å². The van der Waals surface area contributed by atoms with Crippen molar-refractivity contribution < 1.29 is 0 Å². The average Bonchev–Trinajstić information content (AvgIpc) is 2.81. The van der Waals surface area contributed by atoms with Gasteiger partial charge in [-0.1, -0.05) is 0 Å². The molecule has 0 spiro atoms. The zero-order valence-electron chi connectivity index (χ0n) is 8.90. The molecule has 0 bridgehead atoms. The minimum atomic E-state index is 0.712. The fraction of sp³-hybridized carbons (Fsp3) is 0.909. The van der Waals surface area contributed by atoms with E-state index in [0.29, 0.717) is 5.92 Å². The molecule has 0 radical (unpaired) electrons. The van der Waals surface area contributed by atoms with E-state index in [-0.39, 0.29) is 0 Å². The fourth-order valence-corrected chi connectivity index (χ4v) is 2.82. The number of rotatable bonds is 2. The molecule has 0 N–H and O–H groups in total. The van der Waals surface area contributed by atoms with Crippen LogP contribution in [0.1, 0.15) is 19.3 Å². The maximum absolute atomic E-state index is 4.19. The number of aliphatic imine (C=N–C) groups is 1. The molecule has 4 atom stereocenters. The Balaban J connectivity index is 2.03. The Bertz CT molecular complexity index is 210. The molecule has 2 saturated carbocycles. The van der Waals surface area contributed by atoms with Crippen molar-refractivity contribution in [3.63, 3.8) is 0 Å². The summed E-state index contributed by atoms with van der Waals surface area (Å²) in [7, 11) is 6.29. The van der Waals surface area contributed by atoms with Crippen LogP contribution in [0.25, 0.3) is 0 Å². The van der Waals surface area contributed by atoms with Crippen LogP contribution in [0, 0.1) is 17.8 Å². The summed E-state index contributed by atoms with van der Waals surface area (Å²) in [5.74, 6) is 2.80. The van der Waals surface area contributed by atoms with Crippen LogP contribution in [0.3, 0.4) is 0 Å². The number of hydrogen-bond donors (Lipinski definition) is 0. The molecule has 0 aromatic heterocycles. The second-order valence-corrected chi connectivity index (χ2v) is 4.83. The number of hydrogen-bond acceptors (Lipinski definition) is 2. The standard InChI is InChI=1S/C11H20N2/c1-12-7-10-5-8-4-9(8)6-11(10)13(2)3/h7-11H,4-6H2,1-3H3/b12-7+/t8-,9+,10?,11+/m1/s1. The van der Waals surface area contributed by atoms with Gasteiger partial charge in [0.1, 0.15) is 0 Å². The molecular formula is C11H20N2. The van der Waals surface area contributed by atoms with Crippen molar-refractivity contribution in [3.8, 4) is 0 Å². The first-order valence-corrected chi connectivity index (χ1v) is 5.31. The van der Waals surface area contributed by atoms with E-state index in [1.165, 1.54) is 19.3 Å². The minimum Gasteiger partial charge on any atom is -0.306 e. The van der Waals surface area contributed by atoms with E-state index in [2.05, 4.69) is 30.2 Å². The second-order valence-electron chi connectivity index (χ2n) is 4.83. The van der Waals surface area contributed by atoms with E-state index in [9.17, 15) is 0 Å². The third-order valence-corrected chi connectivity index (χ3v) is 3.69. The zero-order chi connectivity index (χ0) is 9.42. The van der Waals surface area contributed by atoms with Crippen molar-refractivity contribution >= 4 is 6.21 Å². The largest absolute Gasteiger partial charge is 0.306 e. The lowest BCUT2D eigenvalue weighted by Gasteiger charge is -2.33. The van der Waals surface area contributed by atoms with Gasteiger partial charge in [-0.25, -0.2) is 0 Å². The van der Waals surface area contributed by atoms with Crippen molar-refractivity contribution in [2.24, 2.45) is 22.7 Å². The Morgan fingerprint density at radius 3 is 2.46 bits per heavy atom. The van der Waals surface area contributed by atoms with Crippen molar-refractivity contribution in [2.75, 3.05) is 21.1 Å². The van der Waals surface area contributed by atoms with Gasteiger partial charge in [-0.15, -0.1) is 0 Å². The smallest absolute Gasteiger partial charge is 0.0273 e. The Labute approximate surface area is 81.0 Å². The summed E-state index contributed by atoms with van der Waals surface area (Å²) in [4.78, 5) is 6.57. The Hall–Kier alpha value is -0.370. The highest BCUT2D eigenvalue weighted by Crippen LogP contribution is 2.51. The van der Waals surface area contributed by atoms with Crippen molar-refractivity contribution in [1.82, 2.24) is 4.90 Å². The summed E-state index contributed by atoms with van der Waals surface area (Å²) >= 11 is 0. The Kier molecular flexibility index (Phi) is 2.41. The van der Waals surface area contributed by atoms with E-state index in [0.717, 1.165) is 17.9 Å². The maximum atomic E-state index is 4.19. The summed E-state index contributed by atoms with van der Waals surface area (Å²) in [5.41, 5.74) is 0. The van der Waals surface area contributed by atoms with E-state index in [1.807, 2.05) is 7.05 Å². The van der Waals surface area contributed by atoms with Gasteiger partial charge in [0.15, 0.2) is 0 Å². The molecule has 13 heavy (non-hydrogen) atoms. The van der Waals surface area contributed by atoms with Gasteiger partial charge in [0.05, 0.1) is 0 Å². The van der Waals surface area contributed by atoms with Crippen LogP contribution in [0.2, 0.25) is 0 Å². The molecule has 0 saturated heterocycles. The van der Waals surface area contributed by atoms with Crippen molar-refractivity contribution in [2.45, 2.75) is 25.3 Å². The highest BCUT2D eigenvalue weighted by molar-refractivity contribution is 5.62. The number of fused-ring (bicyclic) bond motifs is 1. The highest BCUT2D eigenvalue weighted by Gasteiger charge is 2.46. The van der Waals surface area contributed by atoms with Gasteiger partial charge in [0, 0.05) is 25.2 Å². The highest BCUT2D eigenvalue weighted by atomic mass is 15.1. The fourth-order valence-electron chi connectivity index (χ4n) is 2.82. The van der Waals surface area contributed by atoms with Gasteiger partial charge < -0.3 is 9.89 Å². The predicted molar refractivity (Wildman–Crippen MR) is 56.2 cm³/mol. The predicted octanol–water partition coefficient (Wildman–Crippen LogP) is 1.66. The van der Waals surface area contributed by atoms with Gasteiger partial charge in [0.2, 0.25) is 0 Å². The molecule has 0 heterocycles. The normalized spacial score (nSPS) is 44.0. The first-order valence-electron chi connectivity index (χ1n) is 5.31. The molecule has 2 nitrogen and oxygen atoms in total. The first-order chi connectivity index (χ1) is 6.22. The maximum Gasteiger partial charge on any atom is 0.0273 e. The van der Waals surface area contributed by atoms with Gasteiger partial charge in [-0.05, 0) is 45.2 Å². The van der Waals surface area contributed by atoms with Crippen LogP contribution in [0.15, 0.2) is 4.99 Å². The lowest BCUT2D eigenvalue weighted by Crippen LogP contribution is -2.39. The number of nitrogens with zero attached hydrogens (tertiary/aromatic N) is 2. The molecule has 1 unspecified atom stereocenters. The second kappa shape index (κ2) is 3.41.